The largest absolute Gasteiger partial charge is 0.389 e. The van der Waals surface area contributed by atoms with Crippen molar-refractivity contribution in [3.63, 3.8) is 0 Å². The van der Waals surface area contributed by atoms with E-state index in [1.54, 1.807) is 7.05 Å². The van der Waals surface area contributed by atoms with Crippen molar-refractivity contribution in [1.82, 2.24) is 4.31 Å². The summed E-state index contributed by atoms with van der Waals surface area (Å²) in [5.41, 5.74) is -0.784. The quantitative estimate of drug-likeness (QED) is 0.773. The molecule has 0 aliphatic heterocycles. The monoisotopic (exact) mass is 249 g/mol. The molecule has 1 N–H and O–H groups in total. The third-order valence-corrected chi connectivity index (χ3v) is 5.17. The molecule has 96 valence electrons. The Morgan fingerprint density at radius 1 is 1.31 bits per heavy atom. The van der Waals surface area contributed by atoms with E-state index in [0.29, 0.717) is 6.42 Å². The molecule has 0 aromatic carbocycles. The highest BCUT2D eigenvalue weighted by atomic mass is 32.2. The molecule has 0 saturated heterocycles. The summed E-state index contributed by atoms with van der Waals surface area (Å²) in [5, 5.41) is 10.1. The number of hydrogen-bond acceptors (Lipinski definition) is 3. The molecule has 1 aliphatic rings. The first-order valence-corrected chi connectivity index (χ1v) is 7.67. The number of rotatable bonds is 6. The SMILES string of the molecule is CCCCS(=O)(=O)N(C)CC1(O)CCCC1. The van der Waals surface area contributed by atoms with Gasteiger partial charge in [0.1, 0.15) is 0 Å². The molecule has 4 nitrogen and oxygen atoms in total. The normalized spacial score (nSPS) is 20.5. The van der Waals surface area contributed by atoms with Crippen molar-refractivity contribution in [2.45, 2.75) is 51.0 Å². The summed E-state index contributed by atoms with van der Waals surface area (Å²) in [4.78, 5) is 0. The number of unbranched alkanes of at least 4 members (excludes halogenated alkanes) is 1. The fraction of sp³-hybridized carbons (Fsp3) is 1.00. The molecule has 0 atom stereocenters. The van der Waals surface area contributed by atoms with E-state index < -0.39 is 15.6 Å². The van der Waals surface area contributed by atoms with E-state index in [1.165, 1.54) is 4.31 Å². The number of sulfonamides is 1. The van der Waals surface area contributed by atoms with Gasteiger partial charge in [-0.3, -0.25) is 0 Å². The van der Waals surface area contributed by atoms with Crippen molar-refractivity contribution in [2.24, 2.45) is 0 Å². The van der Waals surface area contributed by atoms with Crippen LogP contribution in [0.3, 0.4) is 0 Å². The molecule has 0 radical (unpaired) electrons. The second-order valence-corrected chi connectivity index (χ2v) is 7.05. The highest BCUT2D eigenvalue weighted by molar-refractivity contribution is 7.89. The van der Waals surface area contributed by atoms with Crippen molar-refractivity contribution in [1.29, 1.82) is 0 Å². The van der Waals surface area contributed by atoms with E-state index >= 15 is 0 Å². The van der Waals surface area contributed by atoms with E-state index in [-0.39, 0.29) is 12.3 Å². The Balaban J connectivity index is 2.53. The molecule has 1 rings (SSSR count). The molecule has 16 heavy (non-hydrogen) atoms. The van der Waals surface area contributed by atoms with Gasteiger partial charge in [-0.25, -0.2) is 12.7 Å². The lowest BCUT2D eigenvalue weighted by molar-refractivity contribution is 0.0333. The minimum atomic E-state index is -3.17. The fourth-order valence-electron chi connectivity index (χ4n) is 2.19. The van der Waals surface area contributed by atoms with E-state index in [9.17, 15) is 13.5 Å². The molecule has 1 saturated carbocycles. The summed E-state index contributed by atoms with van der Waals surface area (Å²) in [6, 6.07) is 0. The Hall–Kier alpha value is -0.130. The van der Waals surface area contributed by atoms with Gasteiger partial charge in [0.05, 0.1) is 11.4 Å². The van der Waals surface area contributed by atoms with E-state index in [1.807, 2.05) is 6.92 Å². The maximum Gasteiger partial charge on any atom is 0.213 e. The molecule has 1 fully saturated rings. The van der Waals surface area contributed by atoms with E-state index in [0.717, 1.165) is 32.1 Å². The minimum Gasteiger partial charge on any atom is -0.389 e. The van der Waals surface area contributed by atoms with Crippen LogP contribution in [-0.4, -0.2) is 42.8 Å². The number of hydrogen-bond donors (Lipinski definition) is 1. The first-order chi connectivity index (χ1) is 7.40. The molecule has 0 unspecified atom stereocenters. The molecule has 1 aliphatic carbocycles. The van der Waals surface area contributed by atoms with Crippen molar-refractivity contribution in [3.05, 3.63) is 0 Å². The van der Waals surface area contributed by atoms with Gasteiger partial charge in [-0.1, -0.05) is 26.2 Å². The predicted octanol–water partition coefficient (Wildman–Crippen LogP) is 1.35. The Bertz CT molecular complexity index is 307. The molecule has 0 spiro atoms. The third-order valence-electron chi connectivity index (χ3n) is 3.28. The van der Waals surface area contributed by atoms with Crippen LogP contribution in [0.4, 0.5) is 0 Å². The standard InChI is InChI=1S/C11H23NO3S/c1-3-4-9-16(14,15)12(2)10-11(13)7-5-6-8-11/h13H,3-10H2,1-2H3. The van der Waals surface area contributed by atoms with Gasteiger partial charge in [0, 0.05) is 13.6 Å². The van der Waals surface area contributed by atoms with Crippen LogP contribution in [0.15, 0.2) is 0 Å². The average molecular weight is 249 g/mol. The first-order valence-electron chi connectivity index (χ1n) is 6.06. The Morgan fingerprint density at radius 3 is 2.38 bits per heavy atom. The molecule has 0 bridgehead atoms. The lowest BCUT2D eigenvalue weighted by Crippen LogP contribution is -2.42. The van der Waals surface area contributed by atoms with Crippen LogP contribution in [-0.2, 0) is 10.0 Å². The van der Waals surface area contributed by atoms with Crippen LogP contribution in [0.5, 0.6) is 0 Å². The van der Waals surface area contributed by atoms with Crippen LogP contribution in [0.2, 0.25) is 0 Å². The van der Waals surface area contributed by atoms with Gasteiger partial charge in [-0.05, 0) is 19.3 Å². The number of nitrogens with zero attached hydrogens (tertiary/aromatic N) is 1. The summed E-state index contributed by atoms with van der Waals surface area (Å²) >= 11 is 0. The summed E-state index contributed by atoms with van der Waals surface area (Å²) in [6.07, 6.45) is 5.00. The van der Waals surface area contributed by atoms with Crippen LogP contribution in [0.1, 0.15) is 45.4 Å². The van der Waals surface area contributed by atoms with Crippen LogP contribution in [0.25, 0.3) is 0 Å². The van der Waals surface area contributed by atoms with Crippen LogP contribution >= 0.6 is 0 Å². The molecule has 0 heterocycles. The van der Waals surface area contributed by atoms with Gasteiger partial charge in [-0.15, -0.1) is 0 Å². The zero-order valence-corrected chi connectivity index (χ0v) is 11.1. The molecular formula is C11H23NO3S. The predicted molar refractivity (Wildman–Crippen MR) is 64.7 cm³/mol. The van der Waals surface area contributed by atoms with E-state index in [2.05, 4.69) is 0 Å². The minimum absolute atomic E-state index is 0.191. The highest BCUT2D eigenvalue weighted by Gasteiger charge is 2.34. The zero-order chi connectivity index (χ0) is 12.2. The Kier molecular flexibility index (Phi) is 4.76. The van der Waals surface area contributed by atoms with Crippen molar-refractivity contribution in [2.75, 3.05) is 19.3 Å². The van der Waals surface area contributed by atoms with Crippen LogP contribution in [0, 0.1) is 0 Å². The summed E-state index contributed by atoms with van der Waals surface area (Å²) in [5.74, 6) is 0.191. The summed E-state index contributed by atoms with van der Waals surface area (Å²) in [6.45, 7) is 2.22. The van der Waals surface area contributed by atoms with Gasteiger partial charge in [-0.2, -0.15) is 0 Å². The molecular weight excluding hydrogens is 226 g/mol. The highest BCUT2D eigenvalue weighted by Crippen LogP contribution is 2.30. The maximum absolute atomic E-state index is 11.8. The summed E-state index contributed by atoms with van der Waals surface area (Å²) in [7, 11) is -1.60. The van der Waals surface area contributed by atoms with Crippen molar-refractivity contribution >= 4 is 10.0 Å². The lowest BCUT2D eigenvalue weighted by Gasteiger charge is -2.28. The second kappa shape index (κ2) is 5.47. The van der Waals surface area contributed by atoms with Gasteiger partial charge in [0.2, 0.25) is 10.0 Å². The molecule has 0 amide bonds. The second-order valence-electron chi connectivity index (χ2n) is 4.86. The van der Waals surface area contributed by atoms with Gasteiger partial charge in [0.25, 0.3) is 0 Å². The van der Waals surface area contributed by atoms with Crippen LogP contribution < -0.4 is 0 Å². The summed E-state index contributed by atoms with van der Waals surface area (Å²) < 4.78 is 25.0. The Labute approximate surface area is 98.7 Å². The zero-order valence-electron chi connectivity index (χ0n) is 10.3. The number of aliphatic hydroxyl groups is 1. The lowest BCUT2D eigenvalue weighted by atomic mass is 10.0. The van der Waals surface area contributed by atoms with Crippen molar-refractivity contribution < 1.29 is 13.5 Å². The molecule has 0 aromatic rings. The van der Waals surface area contributed by atoms with E-state index in [4.69, 9.17) is 0 Å². The van der Waals surface area contributed by atoms with Crippen molar-refractivity contribution in [3.8, 4) is 0 Å². The van der Waals surface area contributed by atoms with Gasteiger partial charge >= 0.3 is 0 Å². The average Bonchev–Trinajstić information content (AvgIpc) is 2.62. The topological polar surface area (TPSA) is 57.6 Å². The van der Waals surface area contributed by atoms with Gasteiger partial charge in [0.15, 0.2) is 0 Å². The number of likely N-dealkylation sites (N-methyl/N-ethyl adjacent to an activating group) is 1. The smallest absolute Gasteiger partial charge is 0.213 e. The molecule has 5 heteroatoms. The van der Waals surface area contributed by atoms with Gasteiger partial charge < -0.3 is 5.11 Å². The maximum atomic E-state index is 11.8. The first kappa shape index (κ1) is 13.9. The fourth-order valence-corrected chi connectivity index (χ4v) is 3.59. The third kappa shape index (κ3) is 3.71. The Morgan fingerprint density at radius 2 is 1.88 bits per heavy atom. The molecule has 0 aromatic heterocycles.